The summed E-state index contributed by atoms with van der Waals surface area (Å²) in [6, 6.07) is 0. The van der Waals surface area contributed by atoms with E-state index in [0.29, 0.717) is 0 Å². The molecule has 1 aliphatic rings. The minimum atomic E-state index is 0.152. The van der Waals surface area contributed by atoms with Crippen LogP contribution >= 0.6 is 15.9 Å². The lowest BCUT2D eigenvalue weighted by atomic mass is 9.78. The van der Waals surface area contributed by atoms with Crippen molar-refractivity contribution in [2.45, 2.75) is 71.3 Å². The van der Waals surface area contributed by atoms with Gasteiger partial charge in [0.15, 0.2) is 0 Å². The van der Waals surface area contributed by atoms with Crippen LogP contribution in [0.4, 0.5) is 0 Å². The number of hydrogen-bond acceptors (Lipinski definition) is 1. The molecule has 1 fully saturated rings. The number of ether oxygens (including phenoxy) is 1. The first-order chi connectivity index (χ1) is 8.12. The van der Waals surface area contributed by atoms with Crippen LogP contribution < -0.4 is 0 Å². The number of rotatable bonds is 7. The first-order valence-corrected chi connectivity index (χ1v) is 8.44. The summed E-state index contributed by atoms with van der Waals surface area (Å²) in [5.74, 6) is 1.71. The molecule has 0 aromatic heterocycles. The summed E-state index contributed by atoms with van der Waals surface area (Å²) in [7, 11) is 0. The van der Waals surface area contributed by atoms with Gasteiger partial charge in [-0.3, -0.25) is 0 Å². The fourth-order valence-electron chi connectivity index (χ4n) is 2.73. The fourth-order valence-corrected chi connectivity index (χ4v) is 3.45. The first kappa shape index (κ1) is 15.5. The maximum Gasteiger partial charge on any atom is 0.0779 e. The summed E-state index contributed by atoms with van der Waals surface area (Å²) in [5.41, 5.74) is 0.152. The molecule has 17 heavy (non-hydrogen) atoms. The second kappa shape index (κ2) is 7.78. The van der Waals surface area contributed by atoms with Gasteiger partial charge in [0.25, 0.3) is 0 Å². The Hall–Kier alpha value is 0.440. The van der Waals surface area contributed by atoms with E-state index in [9.17, 15) is 0 Å². The molecule has 0 bridgehead atoms. The van der Waals surface area contributed by atoms with Crippen molar-refractivity contribution in [3.63, 3.8) is 0 Å². The Morgan fingerprint density at radius 3 is 2.41 bits per heavy atom. The quantitative estimate of drug-likeness (QED) is 0.589. The summed E-state index contributed by atoms with van der Waals surface area (Å²) in [5, 5.41) is 1.01. The normalized spacial score (nSPS) is 29.8. The molecule has 1 aliphatic carbocycles. The molecule has 0 radical (unpaired) electrons. The molecule has 1 nitrogen and oxygen atoms in total. The summed E-state index contributed by atoms with van der Waals surface area (Å²) in [6.07, 6.45) is 9.15. The van der Waals surface area contributed by atoms with Crippen LogP contribution in [0.1, 0.15) is 65.7 Å². The zero-order chi connectivity index (χ0) is 12.7. The highest BCUT2D eigenvalue weighted by Gasteiger charge is 2.34. The summed E-state index contributed by atoms with van der Waals surface area (Å²) < 4.78 is 6.21. The molecule has 1 rings (SSSR count). The minimum absolute atomic E-state index is 0.152. The second-order valence-corrected chi connectivity index (χ2v) is 6.64. The van der Waals surface area contributed by atoms with Gasteiger partial charge in [0.1, 0.15) is 0 Å². The van der Waals surface area contributed by atoms with Gasteiger partial charge >= 0.3 is 0 Å². The van der Waals surface area contributed by atoms with E-state index in [-0.39, 0.29) is 5.60 Å². The SMILES string of the molecule is CCCC1CCC(CBr)(OCCC(C)C)CC1. The average molecular weight is 305 g/mol. The van der Waals surface area contributed by atoms with Crippen LogP contribution in [-0.2, 0) is 4.74 Å². The van der Waals surface area contributed by atoms with E-state index in [1.54, 1.807) is 0 Å². The van der Waals surface area contributed by atoms with E-state index in [2.05, 4.69) is 36.7 Å². The minimum Gasteiger partial charge on any atom is -0.374 e. The number of alkyl halides is 1. The third-order valence-electron chi connectivity index (χ3n) is 4.06. The van der Waals surface area contributed by atoms with E-state index in [0.717, 1.165) is 23.8 Å². The van der Waals surface area contributed by atoms with Gasteiger partial charge in [-0.15, -0.1) is 0 Å². The molecule has 0 aliphatic heterocycles. The van der Waals surface area contributed by atoms with Crippen LogP contribution in [-0.4, -0.2) is 17.5 Å². The lowest BCUT2D eigenvalue weighted by molar-refractivity contribution is -0.0637. The van der Waals surface area contributed by atoms with Crippen molar-refractivity contribution >= 4 is 15.9 Å². The van der Waals surface area contributed by atoms with Gasteiger partial charge in [-0.25, -0.2) is 0 Å². The van der Waals surface area contributed by atoms with Crippen LogP contribution in [0.3, 0.4) is 0 Å². The smallest absolute Gasteiger partial charge is 0.0779 e. The van der Waals surface area contributed by atoms with Gasteiger partial charge in [0, 0.05) is 11.9 Å². The number of hydrogen-bond donors (Lipinski definition) is 0. The monoisotopic (exact) mass is 304 g/mol. The molecule has 0 aromatic carbocycles. The third-order valence-corrected chi connectivity index (χ3v) is 5.08. The van der Waals surface area contributed by atoms with E-state index < -0.39 is 0 Å². The maximum absolute atomic E-state index is 6.21. The van der Waals surface area contributed by atoms with Crippen molar-refractivity contribution in [3.05, 3.63) is 0 Å². The molecule has 0 spiro atoms. The molecule has 0 saturated heterocycles. The Morgan fingerprint density at radius 1 is 1.29 bits per heavy atom. The molecule has 0 unspecified atom stereocenters. The topological polar surface area (TPSA) is 9.23 Å². The van der Waals surface area contributed by atoms with Crippen molar-refractivity contribution in [2.24, 2.45) is 11.8 Å². The summed E-state index contributed by atoms with van der Waals surface area (Å²) >= 11 is 3.67. The highest BCUT2D eigenvalue weighted by atomic mass is 79.9. The average Bonchev–Trinajstić information content (AvgIpc) is 2.31. The third kappa shape index (κ3) is 5.30. The van der Waals surface area contributed by atoms with Crippen LogP contribution in [0.25, 0.3) is 0 Å². The van der Waals surface area contributed by atoms with Gasteiger partial charge < -0.3 is 4.74 Å². The predicted molar refractivity (Wildman–Crippen MR) is 78.8 cm³/mol. The van der Waals surface area contributed by atoms with Crippen molar-refractivity contribution in [1.29, 1.82) is 0 Å². The van der Waals surface area contributed by atoms with Crippen molar-refractivity contribution in [1.82, 2.24) is 0 Å². The molecule has 0 amide bonds. The predicted octanol–water partition coefficient (Wildman–Crippen LogP) is 5.17. The van der Waals surface area contributed by atoms with Crippen molar-refractivity contribution in [3.8, 4) is 0 Å². The Kier molecular flexibility index (Phi) is 7.10. The van der Waals surface area contributed by atoms with Gasteiger partial charge in [0.05, 0.1) is 5.60 Å². The molecule has 0 atom stereocenters. The van der Waals surface area contributed by atoms with E-state index in [4.69, 9.17) is 4.74 Å². The van der Waals surface area contributed by atoms with E-state index >= 15 is 0 Å². The lowest BCUT2D eigenvalue weighted by Gasteiger charge is -2.39. The molecular formula is C15H29BrO. The molecular weight excluding hydrogens is 276 g/mol. The van der Waals surface area contributed by atoms with Crippen molar-refractivity contribution in [2.75, 3.05) is 11.9 Å². The molecule has 2 heteroatoms. The van der Waals surface area contributed by atoms with E-state index in [1.165, 1.54) is 44.9 Å². The zero-order valence-electron chi connectivity index (χ0n) is 11.8. The fraction of sp³-hybridized carbons (Fsp3) is 1.00. The van der Waals surface area contributed by atoms with Crippen LogP contribution in [0.15, 0.2) is 0 Å². The highest BCUT2D eigenvalue weighted by Crippen LogP contribution is 2.38. The van der Waals surface area contributed by atoms with E-state index in [1.807, 2.05) is 0 Å². The molecule has 1 saturated carbocycles. The Labute approximate surface area is 116 Å². The van der Waals surface area contributed by atoms with Crippen molar-refractivity contribution < 1.29 is 4.74 Å². The molecule has 0 heterocycles. The zero-order valence-corrected chi connectivity index (χ0v) is 13.4. The van der Waals surface area contributed by atoms with Gasteiger partial charge in [-0.2, -0.15) is 0 Å². The van der Waals surface area contributed by atoms with Crippen LogP contribution in [0.5, 0.6) is 0 Å². The largest absolute Gasteiger partial charge is 0.374 e. The van der Waals surface area contributed by atoms with Crippen LogP contribution in [0.2, 0.25) is 0 Å². The summed E-state index contributed by atoms with van der Waals surface area (Å²) in [4.78, 5) is 0. The van der Waals surface area contributed by atoms with Crippen LogP contribution in [0, 0.1) is 11.8 Å². The molecule has 102 valence electrons. The molecule has 0 N–H and O–H groups in total. The van der Waals surface area contributed by atoms with Gasteiger partial charge in [-0.05, 0) is 43.9 Å². The first-order valence-electron chi connectivity index (χ1n) is 7.32. The second-order valence-electron chi connectivity index (χ2n) is 6.08. The molecule has 0 aromatic rings. The maximum atomic E-state index is 6.21. The summed E-state index contributed by atoms with van der Waals surface area (Å²) in [6.45, 7) is 7.76. The van der Waals surface area contributed by atoms with Gasteiger partial charge in [0.2, 0.25) is 0 Å². The Morgan fingerprint density at radius 2 is 1.94 bits per heavy atom. The van der Waals surface area contributed by atoms with Gasteiger partial charge in [-0.1, -0.05) is 49.5 Å². The standard InChI is InChI=1S/C15H29BrO/c1-4-5-14-6-9-15(12-16,10-7-14)17-11-8-13(2)3/h13-14H,4-12H2,1-3H3. The Bertz CT molecular complexity index is 195. The Balaban J connectivity index is 2.33. The number of halogens is 1. The lowest BCUT2D eigenvalue weighted by Crippen LogP contribution is -2.39. The highest BCUT2D eigenvalue weighted by molar-refractivity contribution is 9.09.